The molecule has 0 saturated carbocycles. The Bertz CT molecular complexity index is 622. The van der Waals surface area contributed by atoms with Gasteiger partial charge >= 0.3 is 12.8 Å². The third kappa shape index (κ3) is 5.47. The van der Waals surface area contributed by atoms with E-state index < -0.39 is 29.0 Å². The molecule has 1 heterocycles. The van der Waals surface area contributed by atoms with Gasteiger partial charge in [-0.15, -0.1) is 13.2 Å². The van der Waals surface area contributed by atoms with E-state index in [1.54, 1.807) is 6.07 Å². The van der Waals surface area contributed by atoms with Crippen LogP contribution in [0.15, 0.2) is 24.3 Å². The van der Waals surface area contributed by atoms with E-state index >= 15 is 0 Å². The molecular weight excluding hydrogens is 339 g/mol. The lowest BCUT2D eigenvalue weighted by atomic mass is 10.2. The Labute approximate surface area is 123 Å². The Morgan fingerprint density at radius 1 is 1.05 bits per heavy atom. The molecule has 2 rings (SSSR count). The first kappa shape index (κ1) is 18.7. The van der Waals surface area contributed by atoms with Crippen molar-refractivity contribution in [2.45, 2.75) is 25.3 Å². The van der Waals surface area contributed by atoms with Crippen LogP contribution in [0, 0.1) is 5.82 Å². The Morgan fingerprint density at radius 3 is 2.05 bits per heavy atom. The lowest BCUT2D eigenvalue weighted by molar-refractivity contribution is -0.0867. The van der Waals surface area contributed by atoms with Gasteiger partial charge < -0.3 is 17.3 Å². The van der Waals surface area contributed by atoms with E-state index in [4.69, 9.17) is 0 Å². The van der Waals surface area contributed by atoms with Crippen LogP contribution >= 0.6 is 10.5 Å². The molecule has 0 aliphatic carbocycles. The molecular formula is C12H11BF8S. The zero-order valence-electron chi connectivity index (χ0n) is 11.2. The van der Waals surface area contributed by atoms with Crippen LogP contribution in [-0.2, 0) is 11.9 Å². The van der Waals surface area contributed by atoms with E-state index in [-0.39, 0.29) is 4.70 Å². The van der Waals surface area contributed by atoms with Gasteiger partial charge in [0.05, 0.1) is 10.5 Å². The summed E-state index contributed by atoms with van der Waals surface area (Å²) in [7, 11) is -7.95. The summed E-state index contributed by atoms with van der Waals surface area (Å²) in [6, 6.07) is 5.17. The van der Waals surface area contributed by atoms with Crippen LogP contribution in [0.1, 0.15) is 18.2 Å². The second-order valence-electron chi connectivity index (χ2n) is 4.29. The standard InChI is InChI=1S/C12H11F4S.BF4/c1-2-3-10-6-8-4-5-9(13)7-11(8)17(10)12(14,15)16;2-1(3,4)5/h4-7H,2-3H2,1H3;/q+1;-1. The van der Waals surface area contributed by atoms with E-state index in [9.17, 15) is 34.8 Å². The highest BCUT2D eigenvalue weighted by Crippen LogP contribution is 2.51. The molecule has 22 heavy (non-hydrogen) atoms. The molecule has 0 amide bonds. The maximum Gasteiger partial charge on any atom is 0.673 e. The first-order valence-electron chi connectivity index (χ1n) is 6.12. The van der Waals surface area contributed by atoms with Crippen LogP contribution in [0.3, 0.4) is 0 Å². The summed E-state index contributed by atoms with van der Waals surface area (Å²) in [6.45, 7) is 1.84. The van der Waals surface area contributed by atoms with Crippen molar-refractivity contribution in [2.75, 3.05) is 0 Å². The Balaban J connectivity index is 0.000000422. The lowest BCUT2D eigenvalue weighted by Gasteiger charge is -1.99. The Kier molecular flexibility index (Phi) is 5.83. The third-order valence-corrected chi connectivity index (χ3v) is 4.60. The number of aryl methyl sites for hydroxylation is 1. The molecule has 0 nitrogen and oxygen atoms in total. The molecule has 1 aromatic carbocycles. The summed E-state index contributed by atoms with van der Waals surface area (Å²) in [5, 5.41) is 0.496. The SMILES string of the molecule is CCCc1cc2ccc(F)cc2[s+]1C(F)(F)F.F[B-](F)(F)F. The van der Waals surface area contributed by atoms with Crippen molar-refractivity contribution >= 4 is 27.8 Å². The summed E-state index contributed by atoms with van der Waals surface area (Å²) in [5.74, 6) is -0.614. The highest BCUT2D eigenvalue weighted by Gasteiger charge is 2.47. The molecule has 0 bridgehead atoms. The fourth-order valence-electron chi connectivity index (χ4n) is 1.87. The maximum absolute atomic E-state index is 13.1. The van der Waals surface area contributed by atoms with Crippen molar-refractivity contribution < 1.29 is 34.8 Å². The number of halogens is 8. The summed E-state index contributed by atoms with van der Waals surface area (Å²) >= 11 is 0. The number of rotatable bonds is 2. The number of alkyl halides is 3. The molecule has 2 aromatic rings. The smallest absolute Gasteiger partial charge is 0.418 e. The van der Waals surface area contributed by atoms with Crippen molar-refractivity contribution in [3.05, 3.63) is 35.0 Å². The van der Waals surface area contributed by atoms with Crippen LogP contribution < -0.4 is 0 Å². The van der Waals surface area contributed by atoms with Gasteiger partial charge in [0.15, 0.2) is 9.58 Å². The van der Waals surface area contributed by atoms with Crippen LogP contribution in [0.2, 0.25) is 0 Å². The molecule has 0 aliphatic heterocycles. The van der Waals surface area contributed by atoms with Crippen molar-refractivity contribution in [1.82, 2.24) is 0 Å². The predicted octanol–water partition coefficient (Wildman–Crippen LogP) is 6.46. The van der Waals surface area contributed by atoms with Gasteiger partial charge in [0, 0.05) is 23.9 Å². The van der Waals surface area contributed by atoms with Gasteiger partial charge in [-0.1, -0.05) is 6.92 Å². The number of thiophene rings is 1. The monoisotopic (exact) mass is 350 g/mol. The molecule has 0 saturated heterocycles. The summed E-state index contributed by atoms with van der Waals surface area (Å²) in [5.41, 5.74) is -4.32. The van der Waals surface area contributed by atoms with Crippen LogP contribution in [-0.4, -0.2) is 7.25 Å². The van der Waals surface area contributed by atoms with E-state index in [0.29, 0.717) is 23.1 Å². The number of fused-ring (bicyclic) bond motifs is 1. The lowest BCUT2D eigenvalue weighted by Crippen LogP contribution is -2.02. The summed E-state index contributed by atoms with van der Waals surface area (Å²) < 4.78 is 91.1. The van der Waals surface area contributed by atoms with Gasteiger partial charge in [0.1, 0.15) is 5.82 Å². The van der Waals surface area contributed by atoms with Crippen molar-refractivity contribution in [3.63, 3.8) is 0 Å². The molecule has 1 aromatic heterocycles. The fourth-order valence-corrected chi connectivity index (χ4v) is 3.95. The second-order valence-corrected chi connectivity index (χ2v) is 6.33. The minimum Gasteiger partial charge on any atom is -0.418 e. The average molecular weight is 350 g/mol. The summed E-state index contributed by atoms with van der Waals surface area (Å²) in [6.07, 6.45) is 1.06. The molecule has 0 aliphatic rings. The maximum atomic E-state index is 13.1. The van der Waals surface area contributed by atoms with Gasteiger partial charge in [-0.2, -0.15) is 0 Å². The van der Waals surface area contributed by atoms with Crippen LogP contribution in [0.4, 0.5) is 34.8 Å². The van der Waals surface area contributed by atoms with E-state index in [2.05, 4.69) is 0 Å². The number of hydrogen-bond donors (Lipinski definition) is 0. The molecule has 1 atom stereocenters. The normalized spacial score (nSPS) is 13.0. The quantitative estimate of drug-likeness (QED) is 0.331. The zero-order valence-corrected chi connectivity index (χ0v) is 12.0. The minimum atomic E-state index is -6.00. The average Bonchev–Trinajstić information content (AvgIpc) is 2.63. The Morgan fingerprint density at radius 2 is 1.59 bits per heavy atom. The van der Waals surface area contributed by atoms with Gasteiger partial charge in [0.2, 0.25) is 0 Å². The minimum absolute atomic E-state index is 0.0703. The zero-order chi connectivity index (χ0) is 17.1. The van der Waals surface area contributed by atoms with E-state index in [1.165, 1.54) is 12.1 Å². The van der Waals surface area contributed by atoms with Gasteiger partial charge in [-0.25, -0.2) is 4.39 Å². The predicted molar refractivity (Wildman–Crippen MR) is 71.9 cm³/mol. The second kappa shape index (κ2) is 6.85. The van der Waals surface area contributed by atoms with Crippen molar-refractivity contribution in [2.24, 2.45) is 0 Å². The highest BCUT2D eigenvalue weighted by atomic mass is 32.2. The molecule has 124 valence electrons. The van der Waals surface area contributed by atoms with Crippen LogP contribution in [0.25, 0.3) is 10.1 Å². The fraction of sp³-hybridized carbons (Fsp3) is 0.333. The highest BCUT2D eigenvalue weighted by molar-refractivity contribution is 7.38. The van der Waals surface area contributed by atoms with Crippen molar-refractivity contribution in [3.8, 4) is 0 Å². The van der Waals surface area contributed by atoms with E-state index in [0.717, 1.165) is 6.07 Å². The molecule has 0 spiro atoms. The van der Waals surface area contributed by atoms with Gasteiger partial charge in [0.25, 0.3) is 0 Å². The topological polar surface area (TPSA) is 0 Å². The number of benzene rings is 1. The van der Waals surface area contributed by atoms with Gasteiger partial charge in [-0.05, 0) is 18.6 Å². The number of hydrogen-bond acceptors (Lipinski definition) is 0. The molecule has 1 unspecified atom stereocenters. The third-order valence-electron chi connectivity index (χ3n) is 2.50. The van der Waals surface area contributed by atoms with Gasteiger partial charge in [-0.3, -0.25) is 0 Å². The largest absolute Gasteiger partial charge is 0.673 e. The molecule has 0 fully saturated rings. The first-order chi connectivity index (χ1) is 9.93. The molecule has 0 N–H and O–H groups in total. The van der Waals surface area contributed by atoms with Crippen LogP contribution in [0.5, 0.6) is 0 Å². The molecule has 10 heteroatoms. The first-order valence-corrected chi connectivity index (χ1v) is 7.34. The van der Waals surface area contributed by atoms with Crippen molar-refractivity contribution in [1.29, 1.82) is 0 Å². The van der Waals surface area contributed by atoms with E-state index in [1.807, 2.05) is 6.92 Å². The Hall–Kier alpha value is -1.32. The molecule has 0 radical (unpaired) electrons. The summed E-state index contributed by atoms with van der Waals surface area (Å²) in [4.78, 5) is 0.362.